The molecule has 2 heterocycles. The molecule has 0 bridgehead atoms. The maximum atomic E-state index is 11.5. The van der Waals surface area contributed by atoms with Crippen molar-refractivity contribution in [3.63, 3.8) is 0 Å². The Hall–Kier alpha value is -3.10. The van der Waals surface area contributed by atoms with Gasteiger partial charge < -0.3 is 20.7 Å². The number of para-hydroxylation sites is 2. The summed E-state index contributed by atoms with van der Waals surface area (Å²) in [4.78, 5) is 21.7. The molecule has 1 aliphatic rings. The third-order valence-electron chi connectivity index (χ3n) is 4.59. The van der Waals surface area contributed by atoms with Crippen LogP contribution in [0.3, 0.4) is 0 Å². The number of piperidine rings is 1. The van der Waals surface area contributed by atoms with Crippen LogP contribution in [-0.4, -0.2) is 35.1 Å². The Morgan fingerprint density at radius 1 is 1.26 bits per heavy atom. The van der Waals surface area contributed by atoms with Crippen LogP contribution < -0.4 is 20.7 Å². The summed E-state index contributed by atoms with van der Waals surface area (Å²) in [6.45, 7) is 5.92. The van der Waals surface area contributed by atoms with Crippen LogP contribution in [0.25, 0.3) is 0 Å². The molecule has 2 aromatic rings. The maximum Gasteiger partial charge on any atom is 0.353 e. The lowest BCUT2D eigenvalue weighted by atomic mass is 9.92. The second kappa shape index (κ2) is 7.65. The molecule has 0 amide bonds. The smallest absolute Gasteiger partial charge is 0.353 e. The minimum Gasteiger partial charge on any atom is -0.495 e. The van der Waals surface area contributed by atoms with Gasteiger partial charge in [0.2, 0.25) is 17.6 Å². The van der Waals surface area contributed by atoms with E-state index in [9.17, 15) is 10.1 Å². The number of hydrogen-bond donors (Lipinski definition) is 2. The molecule has 9 heteroatoms. The first kappa shape index (κ1) is 18.7. The predicted octanol–water partition coefficient (Wildman–Crippen LogP) is 3.20. The fourth-order valence-electron chi connectivity index (χ4n) is 3.57. The zero-order chi connectivity index (χ0) is 19.6. The lowest BCUT2D eigenvalue weighted by Gasteiger charge is -2.35. The van der Waals surface area contributed by atoms with E-state index in [1.165, 1.54) is 7.11 Å². The average molecular weight is 372 g/mol. The molecule has 0 unspecified atom stereocenters. The molecule has 0 saturated carbocycles. The highest BCUT2D eigenvalue weighted by molar-refractivity contribution is 5.76. The van der Waals surface area contributed by atoms with Crippen molar-refractivity contribution in [2.45, 2.75) is 20.3 Å². The number of nitrogens with one attached hydrogen (secondary N) is 1. The average Bonchev–Trinajstić information content (AvgIpc) is 2.60. The highest BCUT2D eigenvalue weighted by atomic mass is 16.6. The predicted molar refractivity (Wildman–Crippen MR) is 105 cm³/mol. The van der Waals surface area contributed by atoms with Crippen molar-refractivity contribution in [1.29, 1.82) is 0 Å². The Labute approximate surface area is 157 Å². The van der Waals surface area contributed by atoms with Crippen LogP contribution in [0.15, 0.2) is 24.3 Å². The van der Waals surface area contributed by atoms with E-state index in [1.807, 2.05) is 11.0 Å². The van der Waals surface area contributed by atoms with Crippen molar-refractivity contribution < 1.29 is 9.66 Å². The molecule has 1 aliphatic heterocycles. The number of benzene rings is 1. The summed E-state index contributed by atoms with van der Waals surface area (Å²) >= 11 is 0. The molecule has 1 fully saturated rings. The second-order valence-corrected chi connectivity index (χ2v) is 7.04. The van der Waals surface area contributed by atoms with Crippen molar-refractivity contribution in [3.05, 3.63) is 34.4 Å². The van der Waals surface area contributed by atoms with Gasteiger partial charge in [-0.05, 0) is 30.4 Å². The third kappa shape index (κ3) is 4.02. The molecule has 0 radical (unpaired) electrons. The number of ether oxygens (including phenoxy) is 1. The molecule has 27 heavy (non-hydrogen) atoms. The van der Waals surface area contributed by atoms with E-state index in [2.05, 4.69) is 29.1 Å². The summed E-state index contributed by atoms with van der Waals surface area (Å²) in [7, 11) is 1.53. The summed E-state index contributed by atoms with van der Waals surface area (Å²) in [5.74, 6) is 1.81. The summed E-state index contributed by atoms with van der Waals surface area (Å²) < 4.78 is 5.31. The van der Waals surface area contributed by atoms with Crippen LogP contribution >= 0.6 is 0 Å². The molecule has 3 N–H and O–H groups in total. The van der Waals surface area contributed by atoms with Gasteiger partial charge in [-0.25, -0.2) is 0 Å². The Morgan fingerprint density at radius 3 is 2.56 bits per heavy atom. The van der Waals surface area contributed by atoms with E-state index in [-0.39, 0.29) is 17.3 Å². The van der Waals surface area contributed by atoms with Crippen LogP contribution in [0.5, 0.6) is 5.75 Å². The highest BCUT2D eigenvalue weighted by Crippen LogP contribution is 2.36. The molecular weight excluding hydrogens is 348 g/mol. The Balaban J connectivity index is 2.03. The number of nitrogens with zero attached hydrogens (tertiary/aromatic N) is 4. The van der Waals surface area contributed by atoms with Gasteiger partial charge in [-0.1, -0.05) is 26.0 Å². The van der Waals surface area contributed by atoms with Crippen LogP contribution in [-0.2, 0) is 0 Å². The molecule has 9 nitrogen and oxygen atoms in total. The monoisotopic (exact) mass is 372 g/mol. The third-order valence-corrected chi connectivity index (χ3v) is 4.59. The van der Waals surface area contributed by atoms with Crippen LogP contribution in [0.4, 0.5) is 29.0 Å². The zero-order valence-corrected chi connectivity index (χ0v) is 15.7. The van der Waals surface area contributed by atoms with Crippen molar-refractivity contribution in [1.82, 2.24) is 9.97 Å². The molecule has 2 atom stereocenters. The van der Waals surface area contributed by atoms with Gasteiger partial charge in [0.05, 0.1) is 17.7 Å². The zero-order valence-electron chi connectivity index (χ0n) is 15.7. The van der Waals surface area contributed by atoms with E-state index < -0.39 is 4.92 Å². The number of anilines is 4. The lowest BCUT2D eigenvalue weighted by molar-refractivity contribution is -0.383. The largest absolute Gasteiger partial charge is 0.495 e. The lowest BCUT2D eigenvalue weighted by Crippen LogP contribution is -2.39. The topological polar surface area (TPSA) is 119 Å². The fourth-order valence-corrected chi connectivity index (χ4v) is 3.57. The van der Waals surface area contributed by atoms with Gasteiger partial charge in [-0.15, -0.1) is 0 Å². The standard InChI is InChI=1S/C18H24N6O3/c1-11-8-12(2)10-23(9-11)18-21-16(19)15(24(25)26)17(22-18)20-13-6-4-5-7-14(13)27-3/h4-7,11-12H,8-10H2,1-3H3,(H3,19,20,21,22)/t11-,12-/m0/s1. The van der Waals surface area contributed by atoms with Gasteiger partial charge >= 0.3 is 5.69 Å². The van der Waals surface area contributed by atoms with Gasteiger partial charge in [-0.2, -0.15) is 9.97 Å². The number of methoxy groups -OCH3 is 1. The van der Waals surface area contributed by atoms with E-state index in [0.29, 0.717) is 29.2 Å². The summed E-state index contributed by atoms with van der Waals surface area (Å²) in [6, 6.07) is 7.13. The van der Waals surface area contributed by atoms with E-state index >= 15 is 0 Å². The maximum absolute atomic E-state index is 11.5. The van der Waals surface area contributed by atoms with Crippen molar-refractivity contribution >= 4 is 29.0 Å². The number of aromatic nitrogens is 2. The molecule has 1 aromatic heterocycles. The summed E-state index contributed by atoms with van der Waals surface area (Å²) in [5, 5.41) is 14.5. The molecule has 144 valence electrons. The second-order valence-electron chi connectivity index (χ2n) is 7.04. The first-order valence-electron chi connectivity index (χ1n) is 8.86. The van der Waals surface area contributed by atoms with Crippen molar-refractivity contribution in [2.75, 3.05) is 36.1 Å². The van der Waals surface area contributed by atoms with Gasteiger partial charge in [0.15, 0.2) is 0 Å². The SMILES string of the molecule is COc1ccccc1Nc1nc(N2C[C@@H](C)C[C@H](C)C2)nc(N)c1[N+](=O)[O-]. The van der Waals surface area contributed by atoms with Crippen LogP contribution in [0.1, 0.15) is 20.3 Å². The van der Waals surface area contributed by atoms with E-state index in [1.54, 1.807) is 18.2 Å². The number of nitro groups is 1. The van der Waals surface area contributed by atoms with E-state index in [0.717, 1.165) is 19.5 Å². The van der Waals surface area contributed by atoms with Gasteiger partial charge in [-0.3, -0.25) is 10.1 Å². The fraction of sp³-hybridized carbons (Fsp3) is 0.444. The number of rotatable bonds is 5. The number of nitrogens with two attached hydrogens (primary N) is 1. The molecule has 0 spiro atoms. The summed E-state index contributed by atoms with van der Waals surface area (Å²) in [6.07, 6.45) is 1.13. The molecule has 0 aliphatic carbocycles. The summed E-state index contributed by atoms with van der Waals surface area (Å²) in [5.41, 5.74) is 6.15. The van der Waals surface area contributed by atoms with Crippen molar-refractivity contribution in [3.8, 4) is 5.75 Å². The number of hydrogen-bond acceptors (Lipinski definition) is 8. The van der Waals surface area contributed by atoms with Crippen LogP contribution in [0, 0.1) is 22.0 Å². The van der Waals surface area contributed by atoms with E-state index in [4.69, 9.17) is 10.5 Å². The first-order valence-corrected chi connectivity index (χ1v) is 8.86. The molecular formula is C18H24N6O3. The Bertz CT molecular complexity index is 834. The first-order chi connectivity index (χ1) is 12.9. The molecule has 1 aromatic carbocycles. The quantitative estimate of drug-likeness (QED) is 0.606. The van der Waals surface area contributed by atoms with Crippen molar-refractivity contribution in [2.24, 2.45) is 11.8 Å². The normalized spacial score (nSPS) is 19.6. The van der Waals surface area contributed by atoms with Gasteiger partial charge in [0.25, 0.3) is 0 Å². The van der Waals surface area contributed by atoms with Gasteiger partial charge in [0, 0.05) is 13.1 Å². The highest BCUT2D eigenvalue weighted by Gasteiger charge is 2.29. The van der Waals surface area contributed by atoms with Crippen LogP contribution in [0.2, 0.25) is 0 Å². The van der Waals surface area contributed by atoms with Gasteiger partial charge in [0.1, 0.15) is 5.75 Å². The molecule has 1 saturated heterocycles. The minimum absolute atomic E-state index is 0.0536. The molecule has 3 rings (SSSR count). The Kier molecular flexibility index (Phi) is 5.29. The minimum atomic E-state index is -0.571. The Morgan fingerprint density at radius 2 is 1.93 bits per heavy atom. The number of nitrogen functional groups attached to an aromatic ring is 1.